The van der Waals surface area contributed by atoms with Crippen LogP contribution >= 0.6 is 11.6 Å². The number of benzene rings is 1. The van der Waals surface area contributed by atoms with Crippen LogP contribution in [0.3, 0.4) is 0 Å². The molecule has 2 saturated heterocycles. The molecule has 7 nitrogen and oxygen atoms in total. The third-order valence-corrected chi connectivity index (χ3v) is 6.64. The van der Waals surface area contributed by atoms with Gasteiger partial charge in [0.1, 0.15) is 17.0 Å². The minimum Gasteiger partial charge on any atom is -0.467 e. The zero-order valence-electron chi connectivity index (χ0n) is 17.3. The fourth-order valence-corrected chi connectivity index (χ4v) is 5.16. The van der Waals surface area contributed by atoms with Gasteiger partial charge in [-0.15, -0.1) is 0 Å². The van der Waals surface area contributed by atoms with E-state index in [4.69, 9.17) is 16.3 Å². The molecule has 1 N–H and O–H groups in total. The number of hydrogen-bond acceptors (Lipinski definition) is 7. The highest BCUT2D eigenvalue weighted by Crippen LogP contribution is 2.37. The SMILES string of the molecule is COc1nc(N2CC3CCC(C2)N3)c2cnc(-c3cncc4cccc(Cl)c34)c(F)c2n1. The molecule has 162 valence electrons. The van der Waals surface area contributed by atoms with Crippen molar-refractivity contribution in [3.05, 3.63) is 47.6 Å². The van der Waals surface area contributed by atoms with Gasteiger partial charge in [-0.2, -0.15) is 9.97 Å². The number of fused-ring (bicyclic) bond motifs is 4. The largest absolute Gasteiger partial charge is 0.467 e. The summed E-state index contributed by atoms with van der Waals surface area (Å²) >= 11 is 6.45. The number of pyridine rings is 2. The molecule has 2 fully saturated rings. The van der Waals surface area contributed by atoms with Gasteiger partial charge in [-0.05, 0) is 18.9 Å². The van der Waals surface area contributed by atoms with Crippen LogP contribution in [0.15, 0.2) is 36.8 Å². The molecule has 3 aromatic heterocycles. The second-order valence-corrected chi connectivity index (χ2v) is 8.69. The van der Waals surface area contributed by atoms with Crippen molar-refractivity contribution in [1.82, 2.24) is 25.3 Å². The van der Waals surface area contributed by atoms with Gasteiger partial charge < -0.3 is 15.0 Å². The molecule has 2 aliphatic rings. The molecule has 0 amide bonds. The number of methoxy groups -OCH3 is 1. The molecule has 2 atom stereocenters. The Bertz CT molecular complexity index is 1350. The Hall–Kier alpha value is -3.10. The Kier molecular flexibility index (Phi) is 4.58. The van der Waals surface area contributed by atoms with Crippen molar-refractivity contribution in [3.8, 4) is 17.3 Å². The van der Waals surface area contributed by atoms with Crippen LogP contribution in [-0.4, -0.2) is 52.2 Å². The molecule has 6 rings (SSSR count). The lowest BCUT2D eigenvalue weighted by atomic mass is 10.0. The summed E-state index contributed by atoms with van der Waals surface area (Å²) < 4.78 is 21.3. The van der Waals surface area contributed by atoms with Crippen LogP contribution in [0.2, 0.25) is 5.02 Å². The van der Waals surface area contributed by atoms with Crippen molar-refractivity contribution in [2.45, 2.75) is 24.9 Å². The molecule has 5 heterocycles. The van der Waals surface area contributed by atoms with Crippen molar-refractivity contribution in [3.63, 3.8) is 0 Å². The Morgan fingerprint density at radius 3 is 2.72 bits per heavy atom. The first-order valence-corrected chi connectivity index (χ1v) is 10.9. The van der Waals surface area contributed by atoms with E-state index in [1.807, 2.05) is 12.1 Å². The first-order chi connectivity index (χ1) is 15.6. The lowest BCUT2D eigenvalue weighted by Gasteiger charge is -2.34. The van der Waals surface area contributed by atoms with Gasteiger partial charge in [0.25, 0.3) is 0 Å². The van der Waals surface area contributed by atoms with E-state index in [1.165, 1.54) is 7.11 Å². The number of ether oxygens (including phenoxy) is 1. The quantitative estimate of drug-likeness (QED) is 0.506. The predicted octanol–water partition coefficient (Wildman–Crippen LogP) is 3.98. The predicted molar refractivity (Wildman–Crippen MR) is 122 cm³/mol. The maximum absolute atomic E-state index is 15.9. The van der Waals surface area contributed by atoms with Crippen molar-refractivity contribution in [2.24, 2.45) is 0 Å². The molecule has 0 aliphatic carbocycles. The van der Waals surface area contributed by atoms with Crippen molar-refractivity contribution >= 4 is 39.1 Å². The molecular weight excluding hydrogens is 431 g/mol. The lowest BCUT2D eigenvalue weighted by Crippen LogP contribution is -2.51. The molecule has 2 unspecified atom stereocenters. The van der Waals surface area contributed by atoms with Gasteiger partial charge in [0.2, 0.25) is 0 Å². The second-order valence-electron chi connectivity index (χ2n) is 8.28. The van der Waals surface area contributed by atoms with Gasteiger partial charge >= 0.3 is 6.01 Å². The van der Waals surface area contributed by atoms with Gasteiger partial charge in [-0.1, -0.05) is 23.7 Å². The Balaban J connectivity index is 1.56. The van der Waals surface area contributed by atoms with Gasteiger partial charge in [-0.3, -0.25) is 9.97 Å². The number of nitrogens with zero attached hydrogens (tertiary/aromatic N) is 5. The number of rotatable bonds is 3. The zero-order chi connectivity index (χ0) is 21.8. The summed E-state index contributed by atoms with van der Waals surface area (Å²) in [5, 5.41) is 6.20. The normalized spacial score (nSPS) is 20.3. The average Bonchev–Trinajstić information content (AvgIpc) is 3.16. The van der Waals surface area contributed by atoms with Crippen LogP contribution in [0.5, 0.6) is 6.01 Å². The second kappa shape index (κ2) is 7.50. The van der Waals surface area contributed by atoms with Gasteiger partial charge in [0, 0.05) is 65.1 Å². The van der Waals surface area contributed by atoms with E-state index >= 15 is 4.39 Å². The van der Waals surface area contributed by atoms with E-state index in [1.54, 1.807) is 24.7 Å². The number of piperazine rings is 1. The maximum atomic E-state index is 15.9. The zero-order valence-corrected chi connectivity index (χ0v) is 18.1. The molecule has 0 saturated carbocycles. The Morgan fingerprint density at radius 1 is 1.12 bits per heavy atom. The van der Waals surface area contributed by atoms with Crippen LogP contribution in [0, 0.1) is 5.82 Å². The monoisotopic (exact) mass is 450 g/mol. The highest BCUT2D eigenvalue weighted by molar-refractivity contribution is 6.36. The van der Waals surface area contributed by atoms with Crippen LogP contribution in [0.25, 0.3) is 32.9 Å². The molecule has 0 spiro atoms. The summed E-state index contributed by atoms with van der Waals surface area (Å²) in [6.07, 6.45) is 7.19. The minimum absolute atomic E-state index is 0.128. The Morgan fingerprint density at radius 2 is 1.94 bits per heavy atom. The van der Waals surface area contributed by atoms with E-state index in [0.29, 0.717) is 39.3 Å². The summed E-state index contributed by atoms with van der Waals surface area (Å²) in [7, 11) is 1.49. The van der Waals surface area contributed by atoms with Crippen LogP contribution < -0.4 is 15.0 Å². The summed E-state index contributed by atoms with van der Waals surface area (Å²) in [5.41, 5.74) is 0.842. The first-order valence-electron chi connectivity index (χ1n) is 10.6. The number of anilines is 1. The van der Waals surface area contributed by atoms with E-state index < -0.39 is 5.82 Å². The van der Waals surface area contributed by atoms with Crippen LogP contribution in [0.4, 0.5) is 10.2 Å². The summed E-state index contributed by atoms with van der Waals surface area (Å²) in [6, 6.07) is 6.44. The third kappa shape index (κ3) is 3.05. The number of nitrogens with one attached hydrogen (secondary N) is 1. The van der Waals surface area contributed by atoms with E-state index in [2.05, 4.69) is 30.2 Å². The molecule has 4 aromatic rings. The third-order valence-electron chi connectivity index (χ3n) is 6.33. The van der Waals surface area contributed by atoms with Gasteiger partial charge in [0.05, 0.1) is 12.5 Å². The highest BCUT2D eigenvalue weighted by Gasteiger charge is 2.34. The summed E-state index contributed by atoms with van der Waals surface area (Å²) in [6.45, 7) is 1.61. The number of halogens is 2. The highest BCUT2D eigenvalue weighted by atomic mass is 35.5. The minimum atomic E-state index is -0.545. The molecule has 1 aromatic carbocycles. The van der Waals surface area contributed by atoms with E-state index in [0.717, 1.165) is 31.3 Å². The standard InChI is InChI=1S/C23H20ClFN6O/c1-32-23-29-21-16(22(30-23)31-10-13-5-6-14(11-31)28-13)9-27-20(19(21)25)15-8-26-7-12-3-2-4-17(24)18(12)15/h2-4,7-9,13-14,28H,5-6,10-11H2,1H3. The smallest absolute Gasteiger partial charge is 0.318 e. The van der Waals surface area contributed by atoms with Crippen LogP contribution in [-0.2, 0) is 0 Å². The van der Waals surface area contributed by atoms with E-state index in [-0.39, 0.29) is 17.2 Å². The van der Waals surface area contributed by atoms with Crippen molar-refractivity contribution in [2.75, 3.05) is 25.1 Å². The molecule has 9 heteroatoms. The number of aromatic nitrogens is 4. The molecule has 2 bridgehead atoms. The van der Waals surface area contributed by atoms with Gasteiger partial charge in [-0.25, -0.2) is 4.39 Å². The fourth-order valence-electron chi connectivity index (χ4n) is 4.88. The molecular formula is C23H20ClFN6O. The fraction of sp³-hybridized carbons (Fsp3) is 0.304. The molecule has 2 aliphatic heterocycles. The first kappa shape index (κ1) is 19.6. The lowest BCUT2D eigenvalue weighted by molar-refractivity contribution is 0.380. The number of hydrogen-bond donors (Lipinski definition) is 1. The summed E-state index contributed by atoms with van der Waals surface area (Å²) in [5.74, 6) is 0.106. The molecule has 0 radical (unpaired) electrons. The van der Waals surface area contributed by atoms with Crippen molar-refractivity contribution < 1.29 is 9.13 Å². The Labute approximate surface area is 188 Å². The summed E-state index contributed by atoms with van der Waals surface area (Å²) in [4.78, 5) is 19.9. The maximum Gasteiger partial charge on any atom is 0.318 e. The molecule has 32 heavy (non-hydrogen) atoms. The topological polar surface area (TPSA) is 76.1 Å². The average molecular weight is 451 g/mol. The van der Waals surface area contributed by atoms with E-state index in [9.17, 15) is 0 Å². The van der Waals surface area contributed by atoms with Crippen LogP contribution in [0.1, 0.15) is 12.8 Å². The van der Waals surface area contributed by atoms with Gasteiger partial charge in [0.15, 0.2) is 5.82 Å². The van der Waals surface area contributed by atoms with Crippen molar-refractivity contribution in [1.29, 1.82) is 0 Å².